The van der Waals surface area contributed by atoms with Gasteiger partial charge in [-0.25, -0.2) is 4.98 Å². The van der Waals surface area contributed by atoms with Crippen LogP contribution < -0.4 is 11.1 Å². The second-order valence-corrected chi connectivity index (χ2v) is 3.61. The molecular formula is C9H14BrN3O. The zero-order valence-corrected chi connectivity index (χ0v) is 9.46. The minimum absolute atomic E-state index is 0.566. The molecule has 0 aliphatic rings. The van der Waals surface area contributed by atoms with E-state index in [1.165, 1.54) is 0 Å². The highest BCUT2D eigenvalue weighted by atomic mass is 79.9. The van der Waals surface area contributed by atoms with Crippen LogP contribution in [0.4, 0.5) is 5.82 Å². The number of pyridine rings is 1. The molecule has 1 aromatic rings. The first-order valence-electron chi connectivity index (χ1n) is 4.46. The van der Waals surface area contributed by atoms with Gasteiger partial charge in [0, 0.05) is 23.8 Å². The Hall–Kier alpha value is -0.650. The Labute approximate surface area is 92.0 Å². The average molecular weight is 260 g/mol. The SMILES string of the molecule is NCCOCCNc1ccc(Br)cn1. The third kappa shape index (κ3) is 4.55. The van der Waals surface area contributed by atoms with Crippen LogP contribution in [0.3, 0.4) is 0 Å². The molecule has 0 bridgehead atoms. The summed E-state index contributed by atoms with van der Waals surface area (Å²) in [5.74, 6) is 0.851. The molecule has 0 saturated carbocycles. The highest BCUT2D eigenvalue weighted by Gasteiger charge is 1.92. The number of hydrogen-bond donors (Lipinski definition) is 2. The largest absolute Gasteiger partial charge is 0.378 e. The van der Waals surface area contributed by atoms with Gasteiger partial charge in [0.25, 0.3) is 0 Å². The Morgan fingerprint density at radius 1 is 1.43 bits per heavy atom. The van der Waals surface area contributed by atoms with E-state index in [-0.39, 0.29) is 0 Å². The third-order valence-electron chi connectivity index (χ3n) is 1.54. The summed E-state index contributed by atoms with van der Waals surface area (Å²) in [5.41, 5.74) is 5.28. The Bertz CT molecular complexity index is 253. The molecule has 78 valence electrons. The molecule has 3 N–H and O–H groups in total. The number of hydrogen-bond acceptors (Lipinski definition) is 4. The van der Waals surface area contributed by atoms with Gasteiger partial charge < -0.3 is 15.8 Å². The van der Waals surface area contributed by atoms with Crippen molar-refractivity contribution in [2.45, 2.75) is 0 Å². The molecule has 14 heavy (non-hydrogen) atoms. The van der Waals surface area contributed by atoms with Crippen LogP contribution in [-0.4, -0.2) is 31.3 Å². The summed E-state index contributed by atoms with van der Waals surface area (Å²) in [6.45, 7) is 2.57. The third-order valence-corrected chi connectivity index (χ3v) is 2.01. The van der Waals surface area contributed by atoms with Gasteiger partial charge in [-0.05, 0) is 28.1 Å². The molecule has 0 atom stereocenters. The predicted molar refractivity (Wildman–Crippen MR) is 60.3 cm³/mol. The zero-order valence-electron chi connectivity index (χ0n) is 7.87. The lowest BCUT2D eigenvalue weighted by Crippen LogP contribution is -2.14. The van der Waals surface area contributed by atoms with E-state index in [1.807, 2.05) is 12.1 Å². The summed E-state index contributed by atoms with van der Waals surface area (Å²) in [7, 11) is 0. The molecule has 5 heteroatoms. The van der Waals surface area contributed by atoms with Crippen LogP contribution in [0.1, 0.15) is 0 Å². The van der Waals surface area contributed by atoms with Crippen LogP contribution in [0, 0.1) is 0 Å². The number of nitrogens with two attached hydrogens (primary N) is 1. The van der Waals surface area contributed by atoms with E-state index in [9.17, 15) is 0 Å². The Balaban J connectivity index is 2.15. The average Bonchev–Trinajstić information content (AvgIpc) is 2.21. The molecule has 0 saturated heterocycles. The maximum absolute atomic E-state index is 5.28. The van der Waals surface area contributed by atoms with Crippen LogP contribution >= 0.6 is 15.9 Å². The zero-order chi connectivity index (χ0) is 10.2. The molecule has 1 rings (SSSR count). The maximum Gasteiger partial charge on any atom is 0.126 e. The van der Waals surface area contributed by atoms with Crippen molar-refractivity contribution in [3.63, 3.8) is 0 Å². The first-order valence-corrected chi connectivity index (χ1v) is 5.25. The van der Waals surface area contributed by atoms with Crippen molar-refractivity contribution in [2.24, 2.45) is 5.73 Å². The van der Waals surface area contributed by atoms with Crippen molar-refractivity contribution in [3.8, 4) is 0 Å². The summed E-state index contributed by atoms with van der Waals surface area (Å²) >= 11 is 3.32. The van der Waals surface area contributed by atoms with Gasteiger partial charge in [0.05, 0.1) is 13.2 Å². The fourth-order valence-electron chi connectivity index (χ4n) is 0.917. The van der Waals surface area contributed by atoms with Gasteiger partial charge in [-0.1, -0.05) is 0 Å². The van der Waals surface area contributed by atoms with Gasteiger partial charge in [-0.2, -0.15) is 0 Å². The normalized spacial score (nSPS) is 10.1. The number of nitrogens with one attached hydrogen (secondary N) is 1. The molecule has 0 spiro atoms. The first kappa shape index (κ1) is 11.4. The lowest BCUT2D eigenvalue weighted by Gasteiger charge is -2.05. The van der Waals surface area contributed by atoms with Crippen molar-refractivity contribution in [1.29, 1.82) is 0 Å². The minimum Gasteiger partial charge on any atom is -0.378 e. The number of aromatic nitrogens is 1. The molecular weight excluding hydrogens is 246 g/mol. The summed E-state index contributed by atoms with van der Waals surface area (Å²) in [4.78, 5) is 4.16. The summed E-state index contributed by atoms with van der Waals surface area (Å²) in [5, 5.41) is 3.13. The lowest BCUT2D eigenvalue weighted by molar-refractivity contribution is 0.151. The van der Waals surface area contributed by atoms with E-state index < -0.39 is 0 Å². The molecule has 0 aliphatic carbocycles. The summed E-state index contributed by atoms with van der Waals surface area (Å²) in [6.07, 6.45) is 1.75. The van der Waals surface area contributed by atoms with Crippen LogP contribution in [-0.2, 0) is 4.74 Å². The smallest absolute Gasteiger partial charge is 0.126 e. The topological polar surface area (TPSA) is 60.2 Å². The molecule has 0 unspecified atom stereocenters. The van der Waals surface area contributed by atoms with Gasteiger partial charge in [-0.3, -0.25) is 0 Å². The van der Waals surface area contributed by atoms with Crippen molar-refractivity contribution in [3.05, 3.63) is 22.8 Å². The number of ether oxygens (including phenoxy) is 1. The number of nitrogens with zero attached hydrogens (tertiary/aromatic N) is 1. The maximum atomic E-state index is 5.28. The Morgan fingerprint density at radius 2 is 2.29 bits per heavy atom. The standard InChI is InChI=1S/C9H14BrN3O/c10-8-1-2-9(13-7-8)12-4-6-14-5-3-11/h1-2,7H,3-6,11H2,(H,12,13). The Morgan fingerprint density at radius 3 is 2.93 bits per heavy atom. The van der Waals surface area contributed by atoms with E-state index in [0.29, 0.717) is 19.8 Å². The second-order valence-electron chi connectivity index (χ2n) is 2.69. The minimum atomic E-state index is 0.566. The highest BCUT2D eigenvalue weighted by Crippen LogP contribution is 2.09. The lowest BCUT2D eigenvalue weighted by atomic mass is 10.4. The van der Waals surface area contributed by atoms with Gasteiger partial charge in [0.2, 0.25) is 0 Å². The van der Waals surface area contributed by atoms with E-state index in [4.69, 9.17) is 10.5 Å². The molecule has 0 radical (unpaired) electrons. The van der Waals surface area contributed by atoms with E-state index in [1.54, 1.807) is 6.20 Å². The van der Waals surface area contributed by atoms with Crippen LogP contribution in [0.15, 0.2) is 22.8 Å². The Kier molecular flexibility index (Phi) is 5.51. The van der Waals surface area contributed by atoms with E-state index in [0.717, 1.165) is 16.8 Å². The van der Waals surface area contributed by atoms with Crippen LogP contribution in [0.5, 0.6) is 0 Å². The molecule has 0 aromatic carbocycles. The van der Waals surface area contributed by atoms with Crippen molar-refractivity contribution in [1.82, 2.24) is 4.98 Å². The van der Waals surface area contributed by atoms with Crippen LogP contribution in [0.2, 0.25) is 0 Å². The number of anilines is 1. The van der Waals surface area contributed by atoms with Gasteiger partial charge in [0.1, 0.15) is 5.82 Å². The van der Waals surface area contributed by atoms with E-state index >= 15 is 0 Å². The predicted octanol–water partition coefficient (Wildman–Crippen LogP) is 1.23. The monoisotopic (exact) mass is 259 g/mol. The van der Waals surface area contributed by atoms with Crippen molar-refractivity contribution in [2.75, 3.05) is 31.6 Å². The second kappa shape index (κ2) is 6.75. The van der Waals surface area contributed by atoms with Crippen LogP contribution in [0.25, 0.3) is 0 Å². The van der Waals surface area contributed by atoms with Gasteiger partial charge in [-0.15, -0.1) is 0 Å². The fraction of sp³-hybridized carbons (Fsp3) is 0.444. The van der Waals surface area contributed by atoms with E-state index in [2.05, 4.69) is 26.2 Å². The molecule has 0 aliphatic heterocycles. The summed E-state index contributed by atoms with van der Waals surface area (Å²) in [6, 6.07) is 3.85. The molecule has 1 aromatic heterocycles. The summed E-state index contributed by atoms with van der Waals surface area (Å²) < 4.78 is 6.18. The quantitative estimate of drug-likeness (QED) is 0.755. The molecule has 1 heterocycles. The van der Waals surface area contributed by atoms with Gasteiger partial charge >= 0.3 is 0 Å². The number of rotatable bonds is 6. The fourth-order valence-corrected chi connectivity index (χ4v) is 1.15. The molecule has 0 amide bonds. The number of halogens is 1. The van der Waals surface area contributed by atoms with Crippen molar-refractivity contribution >= 4 is 21.7 Å². The highest BCUT2D eigenvalue weighted by molar-refractivity contribution is 9.10. The first-order chi connectivity index (χ1) is 6.83. The molecule has 0 fully saturated rings. The van der Waals surface area contributed by atoms with Crippen molar-refractivity contribution < 1.29 is 4.74 Å². The molecule has 4 nitrogen and oxygen atoms in total. The van der Waals surface area contributed by atoms with Gasteiger partial charge in [0.15, 0.2) is 0 Å².